The standard InChI is InChI=1S/C10H15NO2S/c1-7-8(2)10(13)11(9(7)12)5-4-6-14-3/h4-6H2,1-3H3. The first-order valence-corrected chi connectivity index (χ1v) is 6.01. The van der Waals surface area contributed by atoms with Crippen LogP contribution in [0.3, 0.4) is 0 Å². The topological polar surface area (TPSA) is 37.4 Å². The lowest BCUT2D eigenvalue weighted by Crippen LogP contribution is -2.32. The van der Waals surface area contributed by atoms with Gasteiger partial charge >= 0.3 is 0 Å². The Morgan fingerprint density at radius 3 is 2.07 bits per heavy atom. The second-order valence-electron chi connectivity index (χ2n) is 3.36. The van der Waals surface area contributed by atoms with Gasteiger partial charge in [-0.1, -0.05) is 0 Å². The molecule has 1 rings (SSSR count). The number of rotatable bonds is 4. The molecule has 78 valence electrons. The molecule has 1 heterocycles. The molecule has 0 bridgehead atoms. The number of nitrogens with zero attached hydrogens (tertiary/aromatic N) is 1. The minimum atomic E-state index is -0.117. The molecular weight excluding hydrogens is 198 g/mol. The molecule has 0 atom stereocenters. The summed E-state index contributed by atoms with van der Waals surface area (Å²) in [6.07, 6.45) is 2.89. The Balaban J connectivity index is 2.58. The summed E-state index contributed by atoms with van der Waals surface area (Å²) in [6.45, 7) is 3.97. The monoisotopic (exact) mass is 213 g/mol. The van der Waals surface area contributed by atoms with Crippen molar-refractivity contribution in [1.29, 1.82) is 0 Å². The van der Waals surface area contributed by atoms with Crippen LogP contribution in [-0.4, -0.2) is 35.3 Å². The van der Waals surface area contributed by atoms with E-state index in [4.69, 9.17) is 0 Å². The number of hydrogen-bond acceptors (Lipinski definition) is 3. The van der Waals surface area contributed by atoms with Crippen LogP contribution >= 0.6 is 11.8 Å². The second-order valence-corrected chi connectivity index (χ2v) is 4.34. The van der Waals surface area contributed by atoms with Crippen LogP contribution in [0.15, 0.2) is 11.1 Å². The number of amides is 2. The third-order valence-electron chi connectivity index (χ3n) is 2.42. The molecule has 0 aromatic heterocycles. The molecule has 14 heavy (non-hydrogen) atoms. The van der Waals surface area contributed by atoms with Gasteiger partial charge in [-0.3, -0.25) is 14.5 Å². The molecule has 0 N–H and O–H groups in total. The lowest BCUT2D eigenvalue weighted by Gasteiger charge is -2.13. The lowest BCUT2D eigenvalue weighted by molar-refractivity contribution is -0.137. The van der Waals surface area contributed by atoms with Gasteiger partial charge in [0.25, 0.3) is 11.8 Å². The van der Waals surface area contributed by atoms with Crippen LogP contribution < -0.4 is 0 Å². The largest absolute Gasteiger partial charge is 0.275 e. The maximum atomic E-state index is 11.6. The molecule has 0 fully saturated rings. The summed E-state index contributed by atoms with van der Waals surface area (Å²) in [5, 5.41) is 0. The van der Waals surface area contributed by atoms with Gasteiger partial charge in [0, 0.05) is 17.7 Å². The van der Waals surface area contributed by atoms with E-state index in [9.17, 15) is 9.59 Å². The van der Waals surface area contributed by atoms with E-state index in [0.29, 0.717) is 17.7 Å². The van der Waals surface area contributed by atoms with Gasteiger partial charge in [-0.15, -0.1) is 0 Å². The first-order chi connectivity index (χ1) is 6.59. The fourth-order valence-electron chi connectivity index (χ4n) is 1.39. The maximum Gasteiger partial charge on any atom is 0.256 e. The van der Waals surface area contributed by atoms with Crippen molar-refractivity contribution in [3.8, 4) is 0 Å². The summed E-state index contributed by atoms with van der Waals surface area (Å²) in [6, 6.07) is 0. The molecule has 2 amide bonds. The molecule has 0 unspecified atom stereocenters. The van der Waals surface area contributed by atoms with E-state index in [1.54, 1.807) is 25.6 Å². The molecule has 0 spiro atoms. The van der Waals surface area contributed by atoms with E-state index in [1.807, 2.05) is 6.26 Å². The molecule has 0 aliphatic carbocycles. The third-order valence-corrected chi connectivity index (χ3v) is 3.12. The Morgan fingerprint density at radius 2 is 1.64 bits per heavy atom. The van der Waals surface area contributed by atoms with Crippen LogP contribution in [0.1, 0.15) is 20.3 Å². The molecule has 0 aromatic carbocycles. The predicted molar refractivity (Wildman–Crippen MR) is 58.1 cm³/mol. The Hall–Kier alpha value is -0.770. The Morgan fingerprint density at radius 1 is 1.14 bits per heavy atom. The zero-order valence-corrected chi connectivity index (χ0v) is 9.61. The van der Waals surface area contributed by atoms with Gasteiger partial charge in [-0.2, -0.15) is 11.8 Å². The average Bonchev–Trinajstić information content (AvgIpc) is 2.35. The highest BCUT2D eigenvalue weighted by Crippen LogP contribution is 2.19. The van der Waals surface area contributed by atoms with E-state index in [-0.39, 0.29) is 11.8 Å². The molecule has 0 saturated carbocycles. The molecule has 3 nitrogen and oxygen atoms in total. The number of hydrogen-bond donors (Lipinski definition) is 0. The Bertz CT molecular complexity index is 272. The van der Waals surface area contributed by atoms with Crippen LogP contribution in [0.4, 0.5) is 0 Å². The highest BCUT2D eigenvalue weighted by atomic mass is 32.2. The minimum absolute atomic E-state index is 0.117. The van der Waals surface area contributed by atoms with Crippen molar-refractivity contribution in [2.75, 3.05) is 18.6 Å². The van der Waals surface area contributed by atoms with Gasteiger partial charge < -0.3 is 0 Å². The summed E-state index contributed by atoms with van der Waals surface area (Å²) >= 11 is 1.73. The van der Waals surface area contributed by atoms with E-state index in [0.717, 1.165) is 12.2 Å². The lowest BCUT2D eigenvalue weighted by atomic mass is 10.2. The summed E-state index contributed by atoms with van der Waals surface area (Å²) in [5.41, 5.74) is 1.19. The minimum Gasteiger partial charge on any atom is -0.275 e. The maximum absolute atomic E-state index is 11.6. The first kappa shape index (κ1) is 11.3. The Kier molecular flexibility index (Phi) is 3.75. The fraction of sp³-hybridized carbons (Fsp3) is 0.600. The van der Waals surface area contributed by atoms with Crippen LogP contribution in [0.25, 0.3) is 0 Å². The molecule has 0 radical (unpaired) electrons. The highest BCUT2D eigenvalue weighted by Gasteiger charge is 2.32. The van der Waals surface area contributed by atoms with Crippen molar-refractivity contribution in [2.45, 2.75) is 20.3 Å². The fourth-order valence-corrected chi connectivity index (χ4v) is 1.81. The predicted octanol–water partition coefficient (Wildman–Crippen LogP) is 1.44. The quantitative estimate of drug-likeness (QED) is 0.524. The third kappa shape index (κ3) is 2.00. The SMILES string of the molecule is CSCCCN1C(=O)C(C)=C(C)C1=O. The summed E-state index contributed by atoms with van der Waals surface area (Å²) in [5.74, 6) is 0.747. The second kappa shape index (κ2) is 4.64. The van der Waals surface area contributed by atoms with Crippen molar-refractivity contribution in [3.63, 3.8) is 0 Å². The first-order valence-electron chi connectivity index (χ1n) is 4.62. The average molecular weight is 213 g/mol. The van der Waals surface area contributed by atoms with Crippen LogP contribution in [0, 0.1) is 0 Å². The molecule has 0 aromatic rings. The Labute approximate surface area is 88.5 Å². The van der Waals surface area contributed by atoms with Gasteiger partial charge in [0.15, 0.2) is 0 Å². The number of thioether (sulfide) groups is 1. The van der Waals surface area contributed by atoms with Gasteiger partial charge in [0.2, 0.25) is 0 Å². The number of carbonyl (C=O) groups is 2. The van der Waals surface area contributed by atoms with Crippen LogP contribution in [0.2, 0.25) is 0 Å². The van der Waals surface area contributed by atoms with Crippen molar-refractivity contribution in [2.24, 2.45) is 0 Å². The van der Waals surface area contributed by atoms with E-state index >= 15 is 0 Å². The summed E-state index contributed by atoms with van der Waals surface area (Å²) < 4.78 is 0. The van der Waals surface area contributed by atoms with Crippen molar-refractivity contribution >= 4 is 23.6 Å². The number of imide groups is 1. The summed E-state index contributed by atoms with van der Waals surface area (Å²) in [4.78, 5) is 24.5. The van der Waals surface area contributed by atoms with E-state index < -0.39 is 0 Å². The molecule has 4 heteroatoms. The van der Waals surface area contributed by atoms with E-state index in [2.05, 4.69) is 0 Å². The molecular formula is C10H15NO2S. The van der Waals surface area contributed by atoms with Crippen molar-refractivity contribution in [3.05, 3.63) is 11.1 Å². The molecule has 1 aliphatic heterocycles. The summed E-state index contributed by atoms with van der Waals surface area (Å²) in [7, 11) is 0. The van der Waals surface area contributed by atoms with Crippen molar-refractivity contribution < 1.29 is 9.59 Å². The van der Waals surface area contributed by atoms with Crippen LogP contribution in [0.5, 0.6) is 0 Å². The molecule has 1 aliphatic rings. The number of carbonyl (C=O) groups excluding carboxylic acids is 2. The van der Waals surface area contributed by atoms with Gasteiger partial charge in [-0.25, -0.2) is 0 Å². The zero-order chi connectivity index (χ0) is 10.7. The van der Waals surface area contributed by atoms with Crippen LogP contribution in [-0.2, 0) is 9.59 Å². The van der Waals surface area contributed by atoms with Crippen molar-refractivity contribution in [1.82, 2.24) is 4.90 Å². The van der Waals surface area contributed by atoms with Gasteiger partial charge in [0.1, 0.15) is 0 Å². The van der Waals surface area contributed by atoms with E-state index in [1.165, 1.54) is 4.90 Å². The normalized spacial score (nSPS) is 17.2. The smallest absolute Gasteiger partial charge is 0.256 e. The zero-order valence-electron chi connectivity index (χ0n) is 8.79. The molecule has 0 saturated heterocycles. The highest BCUT2D eigenvalue weighted by molar-refractivity contribution is 7.98. The van der Waals surface area contributed by atoms with Gasteiger partial charge in [0.05, 0.1) is 0 Å². The van der Waals surface area contributed by atoms with Gasteiger partial charge in [-0.05, 0) is 32.3 Å².